The summed E-state index contributed by atoms with van der Waals surface area (Å²) in [4.78, 5) is 26.2. The second kappa shape index (κ2) is 7.81. The topological polar surface area (TPSA) is 62.6 Å². The van der Waals surface area contributed by atoms with E-state index in [4.69, 9.17) is 4.42 Å². The molecule has 128 valence electrons. The van der Waals surface area contributed by atoms with Crippen LogP contribution in [-0.4, -0.2) is 30.8 Å². The van der Waals surface area contributed by atoms with Crippen molar-refractivity contribution < 1.29 is 14.0 Å². The fraction of sp³-hybridized carbons (Fsp3) is 0.368. The van der Waals surface area contributed by atoms with Crippen molar-refractivity contribution in [1.29, 1.82) is 0 Å². The fourth-order valence-electron chi connectivity index (χ4n) is 2.51. The molecule has 0 spiro atoms. The lowest BCUT2D eigenvalue weighted by Gasteiger charge is -2.20. The molecule has 2 aromatic rings. The Morgan fingerprint density at radius 2 is 1.88 bits per heavy atom. The van der Waals surface area contributed by atoms with Crippen molar-refractivity contribution >= 4 is 11.8 Å². The molecule has 0 aliphatic heterocycles. The van der Waals surface area contributed by atoms with Crippen molar-refractivity contribution in [1.82, 2.24) is 10.2 Å². The predicted octanol–water partition coefficient (Wildman–Crippen LogP) is 3.10. The van der Waals surface area contributed by atoms with E-state index in [-0.39, 0.29) is 24.0 Å². The third kappa shape index (κ3) is 4.25. The number of nitrogens with one attached hydrogen (secondary N) is 1. The number of carbonyl (C=O) groups excluding carboxylic acids is 2. The number of carbonyl (C=O) groups is 2. The first-order valence-electron chi connectivity index (χ1n) is 8.07. The van der Waals surface area contributed by atoms with Crippen molar-refractivity contribution in [2.45, 2.75) is 32.7 Å². The van der Waals surface area contributed by atoms with Crippen LogP contribution >= 0.6 is 0 Å². The number of hydrogen-bond acceptors (Lipinski definition) is 3. The fourth-order valence-corrected chi connectivity index (χ4v) is 2.51. The van der Waals surface area contributed by atoms with Gasteiger partial charge in [-0.15, -0.1) is 0 Å². The van der Waals surface area contributed by atoms with Gasteiger partial charge in [0.15, 0.2) is 5.76 Å². The molecule has 1 atom stereocenters. The van der Waals surface area contributed by atoms with Crippen molar-refractivity contribution in [2.75, 3.05) is 14.1 Å². The Labute approximate surface area is 142 Å². The van der Waals surface area contributed by atoms with Gasteiger partial charge in [-0.1, -0.05) is 37.3 Å². The maximum Gasteiger partial charge on any atom is 0.287 e. The summed E-state index contributed by atoms with van der Waals surface area (Å²) < 4.78 is 5.61. The van der Waals surface area contributed by atoms with Crippen LogP contribution in [0.1, 0.15) is 46.8 Å². The predicted molar refractivity (Wildman–Crippen MR) is 92.8 cm³/mol. The van der Waals surface area contributed by atoms with E-state index >= 15 is 0 Å². The molecule has 0 aliphatic rings. The van der Waals surface area contributed by atoms with Gasteiger partial charge < -0.3 is 14.6 Å². The molecule has 0 saturated heterocycles. The Morgan fingerprint density at radius 3 is 2.42 bits per heavy atom. The summed E-state index contributed by atoms with van der Waals surface area (Å²) >= 11 is 0. The molecule has 24 heavy (non-hydrogen) atoms. The molecule has 1 aromatic heterocycles. The zero-order valence-corrected chi connectivity index (χ0v) is 14.6. The van der Waals surface area contributed by atoms with Crippen LogP contribution in [0.25, 0.3) is 0 Å². The Balaban J connectivity index is 2.20. The highest BCUT2D eigenvalue weighted by Crippen LogP contribution is 2.20. The molecule has 1 unspecified atom stereocenters. The average Bonchev–Trinajstić information content (AvgIpc) is 2.95. The molecule has 0 bridgehead atoms. The molecule has 1 aromatic carbocycles. The van der Waals surface area contributed by atoms with Crippen LogP contribution in [-0.2, 0) is 11.2 Å². The van der Waals surface area contributed by atoms with Crippen LogP contribution < -0.4 is 5.32 Å². The van der Waals surface area contributed by atoms with Crippen molar-refractivity contribution in [2.24, 2.45) is 0 Å². The Morgan fingerprint density at radius 1 is 1.21 bits per heavy atom. The van der Waals surface area contributed by atoms with Gasteiger partial charge in [0.05, 0.1) is 12.5 Å². The molecule has 2 amide bonds. The normalized spacial score (nSPS) is 11.8. The zero-order valence-electron chi connectivity index (χ0n) is 14.6. The van der Waals surface area contributed by atoms with E-state index in [1.54, 1.807) is 20.2 Å². The standard InChI is InChI=1S/C19H24N2O3/c1-5-16-13(2)11-17(24-16)19(23)20-15(12-18(22)21(3)4)14-9-7-6-8-10-14/h6-11,15H,5,12H2,1-4H3,(H,20,23). The van der Waals surface area contributed by atoms with Gasteiger partial charge in [-0.2, -0.15) is 0 Å². The maximum atomic E-state index is 12.5. The Kier molecular flexibility index (Phi) is 5.79. The highest BCUT2D eigenvalue weighted by molar-refractivity contribution is 5.92. The quantitative estimate of drug-likeness (QED) is 0.886. The van der Waals surface area contributed by atoms with Gasteiger partial charge >= 0.3 is 0 Å². The van der Waals surface area contributed by atoms with Crippen molar-refractivity contribution in [3.8, 4) is 0 Å². The van der Waals surface area contributed by atoms with Crippen LogP contribution in [0, 0.1) is 6.92 Å². The molecule has 0 fully saturated rings. The second-order valence-electron chi connectivity index (χ2n) is 6.00. The highest BCUT2D eigenvalue weighted by atomic mass is 16.4. The van der Waals surface area contributed by atoms with Gasteiger partial charge in [-0.05, 0) is 24.1 Å². The second-order valence-corrected chi connectivity index (χ2v) is 6.00. The molecule has 1 heterocycles. The van der Waals surface area contributed by atoms with E-state index in [9.17, 15) is 9.59 Å². The van der Waals surface area contributed by atoms with Gasteiger partial charge in [0.1, 0.15) is 5.76 Å². The number of nitrogens with zero attached hydrogens (tertiary/aromatic N) is 1. The lowest BCUT2D eigenvalue weighted by Crippen LogP contribution is -2.33. The number of furan rings is 1. The molecule has 2 rings (SSSR count). The monoisotopic (exact) mass is 328 g/mol. The smallest absolute Gasteiger partial charge is 0.287 e. The van der Waals surface area contributed by atoms with Crippen molar-refractivity contribution in [3.05, 3.63) is 59.0 Å². The van der Waals surface area contributed by atoms with E-state index in [2.05, 4.69) is 5.32 Å². The number of amides is 2. The lowest BCUT2D eigenvalue weighted by molar-refractivity contribution is -0.129. The SMILES string of the molecule is CCc1oc(C(=O)NC(CC(=O)N(C)C)c2ccccc2)cc1C. The van der Waals surface area contributed by atoms with E-state index in [1.165, 1.54) is 4.90 Å². The summed E-state index contributed by atoms with van der Waals surface area (Å²) in [6.45, 7) is 3.90. The molecule has 0 saturated carbocycles. The number of rotatable bonds is 6. The van der Waals surface area contributed by atoms with Gasteiger partial charge in [-0.3, -0.25) is 9.59 Å². The van der Waals surface area contributed by atoms with Crippen LogP contribution in [0.5, 0.6) is 0 Å². The van der Waals surface area contributed by atoms with Crippen LogP contribution in [0.15, 0.2) is 40.8 Å². The highest BCUT2D eigenvalue weighted by Gasteiger charge is 2.22. The minimum absolute atomic E-state index is 0.0472. The molecule has 0 aliphatic carbocycles. The van der Waals surface area contributed by atoms with Gasteiger partial charge in [0.25, 0.3) is 5.91 Å². The number of hydrogen-bond donors (Lipinski definition) is 1. The maximum absolute atomic E-state index is 12.5. The minimum atomic E-state index is -0.399. The summed E-state index contributed by atoms with van der Waals surface area (Å²) in [5.41, 5.74) is 1.85. The Hall–Kier alpha value is -2.56. The summed E-state index contributed by atoms with van der Waals surface area (Å²) in [7, 11) is 3.41. The van der Waals surface area contributed by atoms with Crippen LogP contribution in [0.2, 0.25) is 0 Å². The summed E-state index contributed by atoms with van der Waals surface area (Å²) in [6.07, 6.45) is 0.934. The third-order valence-electron chi connectivity index (χ3n) is 3.95. The largest absolute Gasteiger partial charge is 0.456 e. The molecule has 1 N–H and O–H groups in total. The Bertz CT molecular complexity index is 705. The van der Waals surface area contributed by atoms with E-state index in [1.807, 2.05) is 44.2 Å². The minimum Gasteiger partial charge on any atom is -0.456 e. The van der Waals surface area contributed by atoms with Gasteiger partial charge in [-0.25, -0.2) is 0 Å². The van der Waals surface area contributed by atoms with Crippen LogP contribution in [0.3, 0.4) is 0 Å². The van der Waals surface area contributed by atoms with Gasteiger partial charge in [0.2, 0.25) is 5.91 Å². The van der Waals surface area contributed by atoms with Crippen LogP contribution in [0.4, 0.5) is 0 Å². The van der Waals surface area contributed by atoms with Crippen molar-refractivity contribution in [3.63, 3.8) is 0 Å². The first-order valence-corrected chi connectivity index (χ1v) is 8.07. The zero-order chi connectivity index (χ0) is 17.7. The summed E-state index contributed by atoms with van der Waals surface area (Å²) in [5.74, 6) is 0.732. The number of aryl methyl sites for hydroxylation is 2. The lowest BCUT2D eigenvalue weighted by atomic mass is 10.0. The van der Waals surface area contributed by atoms with E-state index in [0.717, 1.165) is 23.3 Å². The molecular weight excluding hydrogens is 304 g/mol. The molecule has 5 nitrogen and oxygen atoms in total. The summed E-state index contributed by atoms with van der Waals surface area (Å²) in [5, 5.41) is 2.92. The van der Waals surface area contributed by atoms with E-state index < -0.39 is 6.04 Å². The molecular formula is C19H24N2O3. The molecule has 5 heteroatoms. The first-order chi connectivity index (χ1) is 11.4. The number of benzene rings is 1. The van der Waals surface area contributed by atoms with Gasteiger partial charge in [0, 0.05) is 20.5 Å². The average molecular weight is 328 g/mol. The first kappa shape index (κ1) is 17.8. The van der Waals surface area contributed by atoms with E-state index in [0.29, 0.717) is 0 Å². The molecule has 0 radical (unpaired) electrons. The summed E-state index contributed by atoms with van der Waals surface area (Å²) in [6, 6.07) is 10.8. The third-order valence-corrected chi connectivity index (χ3v) is 3.95.